The number of nitrogens with zero attached hydrogens (tertiary/aromatic N) is 2. The van der Waals surface area contributed by atoms with Gasteiger partial charge in [-0.15, -0.1) is 0 Å². The Morgan fingerprint density at radius 3 is 2.18 bits per heavy atom. The minimum atomic E-state index is -2.95. The third kappa shape index (κ3) is 3.42. The van der Waals surface area contributed by atoms with Crippen molar-refractivity contribution in [1.29, 1.82) is 0 Å². The maximum Gasteiger partial charge on any atom is 0.213 e. The lowest BCUT2D eigenvalue weighted by atomic mass is 9.98. The van der Waals surface area contributed by atoms with Crippen molar-refractivity contribution in [2.24, 2.45) is 5.92 Å². The van der Waals surface area contributed by atoms with Crippen LogP contribution >= 0.6 is 0 Å². The van der Waals surface area contributed by atoms with Crippen molar-refractivity contribution in [2.45, 2.75) is 32.6 Å². The van der Waals surface area contributed by atoms with Crippen LogP contribution in [0.3, 0.4) is 0 Å². The molecule has 2 heterocycles. The van der Waals surface area contributed by atoms with Crippen LogP contribution in [0.4, 0.5) is 0 Å². The fourth-order valence-electron chi connectivity index (χ4n) is 2.88. The van der Waals surface area contributed by atoms with Gasteiger partial charge in [0.1, 0.15) is 0 Å². The van der Waals surface area contributed by atoms with Crippen LogP contribution in [0.5, 0.6) is 0 Å². The summed E-state index contributed by atoms with van der Waals surface area (Å²) >= 11 is 0. The van der Waals surface area contributed by atoms with E-state index in [9.17, 15) is 8.42 Å². The van der Waals surface area contributed by atoms with E-state index in [0.717, 1.165) is 25.9 Å². The summed E-state index contributed by atoms with van der Waals surface area (Å²) in [5.74, 6) is 0.945. The first-order chi connectivity index (χ1) is 8.12. The lowest BCUT2D eigenvalue weighted by molar-refractivity contribution is 0.206. The van der Waals surface area contributed by atoms with E-state index in [1.807, 2.05) is 0 Å². The number of rotatable bonds is 4. The van der Waals surface area contributed by atoms with Crippen LogP contribution in [0.2, 0.25) is 0 Å². The van der Waals surface area contributed by atoms with Gasteiger partial charge in [-0.2, -0.15) is 0 Å². The molecule has 0 radical (unpaired) electrons. The van der Waals surface area contributed by atoms with Gasteiger partial charge in [0.2, 0.25) is 10.0 Å². The summed E-state index contributed by atoms with van der Waals surface area (Å²) in [5, 5.41) is 0. The molecule has 0 N–H and O–H groups in total. The van der Waals surface area contributed by atoms with Gasteiger partial charge in [0, 0.05) is 19.6 Å². The molecule has 2 aliphatic heterocycles. The largest absolute Gasteiger partial charge is 0.303 e. The van der Waals surface area contributed by atoms with Crippen molar-refractivity contribution in [3.63, 3.8) is 0 Å². The number of likely N-dealkylation sites (tertiary alicyclic amines) is 1. The molecule has 2 fully saturated rings. The molecule has 5 heteroatoms. The summed E-state index contributed by atoms with van der Waals surface area (Å²) in [6.45, 7) is 6.86. The van der Waals surface area contributed by atoms with Crippen molar-refractivity contribution in [3.8, 4) is 0 Å². The monoisotopic (exact) mass is 260 g/mol. The predicted molar refractivity (Wildman–Crippen MR) is 69.4 cm³/mol. The van der Waals surface area contributed by atoms with Crippen LogP contribution in [0.15, 0.2) is 0 Å². The fraction of sp³-hybridized carbons (Fsp3) is 1.00. The van der Waals surface area contributed by atoms with Crippen LogP contribution < -0.4 is 0 Å². The Morgan fingerprint density at radius 2 is 1.65 bits per heavy atom. The Kier molecular flexibility index (Phi) is 4.44. The standard InChI is InChI=1S/C12H24N2O2S/c1-2-17(15,16)14-9-5-12(6-10-14)11-13-7-3-4-8-13/h12H,2-11H2,1H3. The van der Waals surface area contributed by atoms with Crippen molar-refractivity contribution >= 4 is 10.0 Å². The first-order valence-electron chi connectivity index (χ1n) is 6.82. The van der Waals surface area contributed by atoms with Gasteiger partial charge in [-0.25, -0.2) is 12.7 Å². The smallest absolute Gasteiger partial charge is 0.213 e. The van der Waals surface area contributed by atoms with Crippen molar-refractivity contribution < 1.29 is 8.42 Å². The maximum atomic E-state index is 11.7. The molecule has 0 saturated carbocycles. The van der Waals surface area contributed by atoms with E-state index in [0.29, 0.717) is 5.92 Å². The summed E-state index contributed by atoms with van der Waals surface area (Å²) in [4.78, 5) is 2.54. The third-order valence-electron chi connectivity index (χ3n) is 4.05. The Labute approximate surface area is 105 Å². The summed E-state index contributed by atoms with van der Waals surface area (Å²) < 4.78 is 25.1. The second kappa shape index (κ2) is 5.67. The summed E-state index contributed by atoms with van der Waals surface area (Å²) in [5.41, 5.74) is 0. The van der Waals surface area contributed by atoms with Gasteiger partial charge in [-0.1, -0.05) is 0 Å². The van der Waals surface area contributed by atoms with Crippen LogP contribution in [0.1, 0.15) is 32.6 Å². The zero-order valence-electron chi connectivity index (χ0n) is 10.8. The van der Waals surface area contributed by atoms with Gasteiger partial charge >= 0.3 is 0 Å². The highest BCUT2D eigenvalue weighted by molar-refractivity contribution is 7.89. The molecule has 17 heavy (non-hydrogen) atoms. The van der Waals surface area contributed by atoms with Crippen LogP contribution in [-0.2, 0) is 10.0 Å². The molecule has 2 saturated heterocycles. The Balaban J connectivity index is 1.77. The normalized spacial score (nSPS) is 25.5. The highest BCUT2D eigenvalue weighted by atomic mass is 32.2. The quantitative estimate of drug-likeness (QED) is 0.761. The van der Waals surface area contributed by atoms with E-state index >= 15 is 0 Å². The SMILES string of the molecule is CCS(=O)(=O)N1CCC(CN2CCCC2)CC1. The molecule has 0 aromatic carbocycles. The molecule has 4 nitrogen and oxygen atoms in total. The van der Waals surface area contributed by atoms with Gasteiger partial charge in [0.15, 0.2) is 0 Å². The summed E-state index contributed by atoms with van der Waals surface area (Å²) in [6.07, 6.45) is 4.75. The Hall–Kier alpha value is -0.130. The summed E-state index contributed by atoms with van der Waals surface area (Å²) in [7, 11) is -2.95. The molecule has 100 valence electrons. The molecule has 2 rings (SSSR count). The average Bonchev–Trinajstić information content (AvgIpc) is 2.83. The Bertz CT molecular complexity index is 328. The lowest BCUT2D eigenvalue weighted by Gasteiger charge is -2.32. The zero-order valence-corrected chi connectivity index (χ0v) is 11.6. The molecule has 2 aliphatic rings. The highest BCUT2D eigenvalue weighted by Gasteiger charge is 2.27. The minimum absolute atomic E-state index is 0.240. The van der Waals surface area contributed by atoms with Crippen molar-refractivity contribution in [1.82, 2.24) is 9.21 Å². The van der Waals surface area contributed by atoms with E-state index in [1.54, 1.807) is 11.2 Å². The molecule has 0 aromatic heterocycles. The van der Waals surface area contributed by atoms with E-state index < -0.39 is 10.0 Å². The van der Waals surface area contributed by atoms with Crippen LogP contribution in [0, 0.1) is 5.92 Å². The van der Waals surface area contributed by atoms with Crippen molar-refractivity contribution in [2.75, 3.05) is 38.5 Å². The predicted octanol–water partition coefficient (Wildman–Crippen LogP) is 1.14. The van der Waals surface area contributed by atoms with Gasteiger partial charge < -0.3 is 4.90 Å². The molecule has 0 unspecified atom stereocenters. The van der Waals surface area contributed by atoms with Crippen LogP contribution in [0.25, 0.3) is 0 Å². The first-order valence-corrected chi connectivity index (χ1v) is 8.43. The number of hydrogen-bond donors (Lipinski definition) is 0. The molecule has 0 spiro atoms. The molecule has 0 bridgehead atoms. The topological polar surface area (TPSA) is 40.6 Å². The number of sulfonamides is 1. The van der Waals surface area contributed by atoms with Gasteiger partial charge in [0.05, 0.1) is 5.75 Å². The summed E-state index contributed by atoms with van der Waals surface area (Å²) in [6, 6.07) is 0. The van der Waals surface area contributed by atoms with Gasteiger partial charge in [-0.3, -0.25) is 0 Å². The second-order valence-corrected chi connectivity index (χ2v) is 7.51. The average molecular weight is 260 g/mol. The molecule has 0 aliphatic carbocycles. The van der Waals surface area contributed by atoms with E-state index in [2.05, 4.69) is 4.90 Å². The van der Waals surface area contributed by atoms with Gasteiger partial charge in [-0.05, 0) is 51.6 Å². The highest BCUT2D eigenvalue weighted by Crippen LogP contribution is 2.22. The second-order valence-electron chi connectivity index (χ2n) is 5.25. The van der Waals surface area contributed by atoms with Gasteiger partial charge in [0.25, 0.3) is 0 Å². The number of hydrogen-bond acceptors (Lipinski definition) is 3. The van der Waals surface area contributed by atoms with E-state index in [1.165, 1.54) is 32.5 Å². The zero-order chi connectivity index (χ0) is 12.3. The number of piperidine rings is 1. The van der Waals surface area contributed by atoms with E-state index in [-0.39, 0.29) is 5.75 Å². The molecule has 0 amide bonds. The Morgan fingerprint density at radius 1 is 1.06 bits per heavy atom. The molecular formula is C12H24N2O2S. The fourth-order valence-corrected chi connectivity index (χ4v) is 4.02. The maximum absolute atomic E-state index is 11.7. The van der Waals surface area contributed by atoms with E-state index in [4.69, 9.17) is 0 Å². The molecular weight excluding hydrogens is 236 g/mol. The third-order valence-corrected chi connectivity index (χ3v) is 5.93. The molecule has 0 atom stereocenters. The molecule has 0 aromatic rings. The lowest BCUT2D eigenvalue weighted by Crippen LogP contribution is -2.41. The first kappa shape index (κ1) is 13.3. The minimum Gasteiger partial charge on any atom is -0.303 e. The van der Waals surface area contributed by atoms with Crippen molar-refractivity contribution in [3.05, 3.63) is 0 Å². The van der Waals surface area contributed by atoms with Crippen LogP contribution in [-0.4, -0.2) is 56.1 Å².